The van der Waals surface area contributed by atoms with Gasteiger partial charge < -0.3 is 4.90 Å². The number of benzene rings is 8. The van der Waals surface area contributed by atoms with Gasteiger partial charge in [0.1, 0.15) is 0 Å². The number of thiophene rings is 1. The Labute approximate surface area is 259 Å². The second kappa shape index (κ2) is 9.03. The van der Waals surface area contributed by atoms with Crippen molar-refractivity contribution in [3.05, 3.63) is 152 Å². The van der Waals surface area contributed by atoms with Gasteiger partial charge in [-0.1, -0.05) is 97.1 Å². The van der Waals surface area contributed by atoms with Gasteiger partial charge in [0.15, 0.2) is 0 Å². The molecule has 1 aliphatic rings. The molecule has 0 unspecified atom stereocenters. The Morgan fingerprint density at radius 1 is 0.364 bits per heavy atom. The van der Waals surface area contributed by atoms with E-state index in [9.17, 15) is 0 Å². The number of fused-ring (bicyclic) bond motifs is 4. The zero-order chi connectivity index (χ0) is 28.8. The molecule has 0 atom stereocenters. The van der Waals surface area contributed by atoms with Gasteiger partial charge in [0, 0.05) is 26.6 Å². The van der Waals surface area contributed by atoms with Gasteiger partial charge >= 0.3 is 0 Å². The van der Waals surface area contributed by atoms with Crippen LogP contribution in [0, 0.1) is 0 Å². The zero-order valence-electron chi connectivity index (χ0n) is 23.8. The van der Waals surface area contributed by atoms with Crippen LogP contribution in [0.2, 0.25) is 0 Å². The first kappa shape index (κ1) is 24.0. The lowest BCUT2D eigenvalue weighted by Gasteiger charge is -2.26. The number of para-hydroxylation sites is 2. The van der Waals surface area contributed by atoms with Crippen LogP contribution in [-0.2, 0) is 0 Å². The number of hydrogen-bond donors (Lipinski definition) is 0. The molecule has 44 heavy (non-hydrogen) atoms. The third-order valence-corrected chi connectivity index (χ3v) is 10.5. The van der Waals surface area contributed by atoms with Crippen molar-refractivity contribution < 1.29 is 0 Å². The number of anilines is 3. The maximum absolute atomic E-state index is 2.44. The second-order valence-electron chi connectivity index (χ2n) is 11.7. The van der Waals surface area contributed by atoms with Crippen LogP contribution in [0.5, 0.6) is 0 Å². The monoisotopic (exact) mass is 575 g/mol. The summed E-state index contributed by atoms with van der Waals surface area (Å²) in [5.74, 6) is 0. The van der Waals surface area contributed by atoms with Crippen molar-refractivity contribution in [2.24, 2.45) is 0 Å². The van der Waals surface area contributed by atoms with Crippen molar-refractivity contribution in [3.63, 3.8) is 0 Å². The Kier molecular flexibility index (Phi) is 4.94. The maximum atomic E-state index is 2.44. The molecule has 0 saturated heterocycles. The molecular weight excluding hydrogens is 551 g/mol. The van der Waals surface area contributed by atoms with Crippen LogP contribution < -0.4 is 4.90 Å². The fraction of sp³-hybridized carbons (Fsp3) is 0. The smallest absolute Gasteiger partial charge is 0.0468 e. The SMILES string of the molecule is c1ccc(N(c2ccccc2)c2ccc3c(c2)-c2cc4ccc(-c5cc6ccccc6s5)c5ccc6ccc-3c2c6c45)cc1. The Bertz CT molecular complexity index is 2470. The van der Waals surface area contributed by atoms with Crippen LogP contribution in [0.4, 0.5) is 17.1 Å². The molecule has 204 valence electrons. The lowest BCUT2D eigenvalue weighted by molar-refractivity contribution is 1.28. The standard InChI is InChI=1S/C42H25NS/c1-3-10-29(11-4-1)43(30-12-5-2-6-13-30)31-18-22-32-34-20-15-26-16-21-35-33(39-24-27-9-7-8-14-38(27)44-39)19-17-28-23-37(36(32)25-31)42(34)41(26)40(28)35/h1-25H. The van der Waals surface area contributed by atoms with Crippen LogP contribution in [-0.4, -0.2) is 0 Å². The van der Waals surface area contributed by atoms with Crippen molar-refractivity contribution in [1.29, 1.82) is 0 Å². The van der Waals surface area contributed by atoms with Crippen LogP contribution >= 0.6 is 11.3 Å². The van der Waals surface area contributed by atoms with E-state index in [-0.39, 0.29) is 0 Å². The highest BCUT2D eigenvalue weighted by Crippen LogP contribution is 2.54. The van der Waals surface area contributed by atoms with Gasteiger partial charge in [0.05, 0.1) is 0 Å². The van der Waals surface area contributed by atoms with E-state index >= 15 is 0 Å². The molecule has 0 N–H and O–H groups in total. The first-order valence-electron chi connectivity index (χ1n) is 15.1. The highest BCUT2D eigenvalue weighted by molar-refractivity contribution is 7.22. The average molecular weight is 576 g/mol. The molecule has 0 spiro atoms. The predicted molar refractivity (Wildman–Crippen MR) is 190 cm³/mol. The fourth-order valence-electron chi connectivity index (χ4n) is 7.41. The summed E-state index contributed by atoms with van der Waals surface area (Å²) in [7, 11) is 0. The number of nitrogens with zero attached hydrogens (tertiary/aromatic N) is 1. The summed E-state index contributed by atoms with van der Waals surface area (Å²) < 4.78 is 1.34. The lowest BCUT2D eigenvalue weighted by atomic mass is 9.88. The van der Waals surface area contributed by atoms with E-state index in [1.165, 1.54) is 75.1 Å². The third-order valence-electron chi connectivity index (χ3n) is 9.33. The molecule has 1 heterocycles. The summed E-state index contributed by atoms with van der Waals surface area (Å²) in [6.45, 7) is 0. The molecule has 2 heteroatoms. The number of hydrogen-bond acceptors (Lipinski definition) is 2. The highest BCUT2D eigenvalue weighted by Gasteiger charge is 2.26. The summed E-state index contributed by atoms with van der Waals surface area (Å²) in [4.78, 5) is 3.68. The van der Waals surface area contributed by atoms with E-state index in [4.69, 9.17) is 0 Å². The highest BCUT2D eigenvalue weighted by atomic mass is 32.1. The van der Waals surface area contributed by atoms with Gasteiger partial charge in [0.25, 0.3) is 0 Å². The molecule has 0 saturated carbocycles. The molecule has 0 aliphatic heterocycles. The Morgan fingerprint density at radius 3 is 1.84 bits per heavy atom. The molecule has 8 aromatic carbocycles. The minimum absolute atomic E-state index is 1.15. The quantitative estimate of drug-likeness (QED) is 0.189. The van der Waals surface area contributed by atoms with E-state index < -0.39 is 0 Å². The fourth-order valence-corrected chi connectivity index (χ4v) is 8.52. The molecule has 9 aromatic rings. The molecule has 0 fully saturated rings. The summed E-state index contributed by atoms with van der Waals surface area (Å²) in [6.07, 6.45) is 0. The van der Waals surface area contributed by atoms with Gasteiger partial charge in [-0.15, -0.1) is 11.3 Å². The summed E-state index contributed by atoms with van der Waals surface area (Å²) >= 11 is 1.89. The van der Waals surface area contributed by atoms with E-state index in [1.807, 2.05) is 11.3 Å². The van der Waals surface area contributed by atoms with Gasteiger partial charge in [-0.25, -0.2) is 0 Å². The van der Waals surface area contributed by atoms with Crippen molar-refractivity contribution in [1.82, 2.24) is 0 Å². The molecule has 1 nitrogen and oxygen atoms in total. The third kappa shape index (κ3) is 3.35. The van der Waals surface area contributed by atoms with Gasteiger partial charge in [-0.3, -0.25) is 0 Å². The molecule has 1 aromatic heterocycles. The molecular formula is C42H25NS. The summed E-state index contributed by atoms with van der Waals surface area (Å²) in [6, 6.07) is 55.8. The molecule has 0 bridgehead atoms. The zero-order valence-corrected chi connectivity index (χ0v) is 24.6. The van der Waals surface area contributed by atoms with Gasteiger partial charge in [-0.05, 0) is 120 Å². The first-order valence-corrected chi connectivity index (χ1v) is 15.9. The largest absolute Gasteiger partial charge is 0.310 e. The van der Waals surface area contributed by atoms with Crippen LogP contribution in [0.3, 0.4) is 0 Å². The van der Waals surface area contributed by atoms with Crippen molar-refractivity contribution in [3.8, 4) is 32.7 Å². The van der Waals surface area contributed by atoms with Gasteiger partial charge in [0.2, 0.25) is 0 Å². The minimum Gasteiger partial charge on any atom is -0.310 e. The predicted octanol–water partition coefficient (Wildman–Crippen LogP) is 12.6. The van der Waals surface area contributed by atoms with Crippen molar-refractivity contribution in [2.75, 3.05) is 4.90 Å². The Hall–Kier alpha value is -5.44. The molecule has 10 rings (SSSR count). The second-order valence-corrected chi connectivity index (χ2v) is 12.8. The van der Waals surface area contributed by atoms with E-state index in [1.54, 1.807) is 0 Å². The average Bonchev–Trinajstić information content (AvgIpc) is 3.65. The molecule has 0 amide bonds. The normalized spacial score (nSPS) is 12.1. The van der Waals surface area contributed by atoms with Crippen LogP contribution in [0.1, 0.15) is 0 Å². The van der Waals surface area contributed by atoms with Crippen LogP contribution in [0.15, 0.2) is 152 Å². The summed E-state index contributed by atoms with van der Waals surface area (Å²) in [5.41, 5.74) is 10.1. The Morgan fingerprint density at radius 2 is 1.05 bits per heavy atom. The van der Waals surface area contributed by atoms with E-state index in [0.717, 1.165) is 17.1 Å². The Balaban J connectivity index is 1.21. The molecule has 0 radical (unpaired) electrons. The lowest BCUT2D eigenvalue weighted by Crippen LogP contribution is -2.09. The molecule has 1 aliphatic carbocycles. The minimum atomic E-state index is 1.15. The first-order chi connectivity index (χ1) is 21.8. The van der Waals surface area contributed by atoms with Crippen LogP contribution in [0.25, 0.3) is 75.1 Å². The summed E-state index contributed by atoms with van der Waals surface area (Å²) in [5, 5.41) is 9.40. The topological polar surface area (TPSA) is 3.24 Å². The van der Waals surface area contributed by atoms with E-state index in [2.05, 4.69) is 157 Å². The number of rotatable bonds is 4. The maximum Gasteiger partial charge on any atom is 0.0468 e. The van der Waals surface area contributed by atoms with E-state index in [0.29, 0.717) is 0 Å². The van der Waals surface area contributed by atoms with Gasteiger partial charge in [-0.2, -0.15) is 0 Å². The van der Waals surface area contributed by atoms with Crippen molar-refractivity contribution in [2.45, 2.75) is 0 Å². The van der Waals surface area contributed by atoms with Crippen molar-refractivity contribution >= 4 is 70.8 Å².